The first kappa shape index (κ1) is 20.2. The molecule has 1 nitrogen and oxygen atoms in total. The van der Waals surface area contributed by atoms with Crippen LogP contribution in [0.5, 0.6) is 0 Å². The van der Waals surface area contributed by atoms with E-state index in [-0.39, 0.29) is 18.2 Å². The Kier molecular flexibility index (Phi) is 5.10. The smallest absolute Gasteiger partial charge is 0.131 e. The van der Waals surface area contributed by atoms with E-state index >= 15 is 8.78 Å². The zero-order valence-corrected chi connectivity index (χ0v) is 17.5. The Morgan fingerprint density at radius 3 is 2.38 bits per heavy atom. The first-order chi connectivity index (χ1) is 13.7. The molecule has 0 saturated carbocycles. The van der Waals surface area contributed by atoms with Gasteiger partial charge in [-0.1, -0.05) is 31.2 Å². The third kappa shape index (κ3) is 3.63. The Morgan fingerprint density at radius 2 is 1.76 bits per heavy atom. The minimum Gasteiger partial charge on any atom is -0.286 e. The lowest BCUT2D eigenvalue weighted by atomic mass is 9.83. The van der Waals surface area contributed by atoms with E-state index in [9.17, 15) is 4.39 Å². The maximum Gasteiger partial charge on any atom is 0.131 e. The van der Waals surface area contributed by atoms with E-state index in [1.165, 1.54) is 42.7 Å². The van der Waals surface area contributed by atoms with Gasteiger partial charge in [-0.2, -0.15) is 0 Å². The summed E-state index contributed by atoms with van der Waals surface area (Å²) in [5.41, 5.74) is 3.76. The summed E-state index contributed by atoms with van der Waals surface area (Å²) in [7, 11) is 0. The summed E-state index contributed by atoms with van der Waals surface area (Å²) < 4.78 is 45.2. The Balaban J connectivity index is 1.90. The summed E-state index contributed by atoms with van der Waals surface area (Å²) in [5.74, 6) is -1.07. The fourth-order valence-corrected chi connectivity index (χ4v) is 4.95. The van der Waals surface area contributed by atoms with Crippen LogP contribution in [0.2, 0.25) is 0 Å². The van der Waals surface area contributed by atoms with Crippen LogP contribution in [0.1, 0.15) is 62.4 Å². The van der Waals surface area contributed by atoms with Gasteiger partial charge >= 0.3 is 0 Å². The van der Waals surface area contributed by atoms with E-state index in [1.807, 2.05) is 30.9 Å². The molecule has 1 aliphatic carbocycles. The van der Waals surface area contributed by atoms with Gasteiger partial charge in [0.05, 0.1) is 6.04 Å². The van der Waals surface area contributed by atoms with Crippen molar-refractivity contribution in [3.63, 3.8) is 0 Å². The molecule has 2 aromatic rings. The first-order valence-corrected chi connectivity index (χ1v) is 10.4. The fourth-order valence-electron chi connectivity index (χ4n) is 4.95. The highest BCUT2D eigenvalue weighted by molar-refractivity contribution is 5.79. The Labute approximate surface area is 171 Å². The molecule has 0 aromatic heterocycles. The third-order valence-electron chi connectivity index (χ3n) is 6.22. The van der Waals surface area contributed by atoms with E-state index in [0.29, 0.717) is 18.4 Å². The second-order valence-corrected chi connectivity index (χ2v) is 9.01. The van der Waals surface area contributed by atoms with Crippen molar-refractivity contribution >= 4 is 5.57 Å². The van der Waals surface area contributed by atoms with Crippen molar-refractivity contribution in [3.8, 4) is 0 Å². The van der Waals surface area contributed by atoms with Gasteiger partial charge in [0, 0.05) is 18.2 Å². The normalized spacial score (nSPS) is 22.0. The van der Waals surface area contributed by atoms with Gasteiger partial charge < -0.3 is 0 Å². The van der Waals surface area contributed by atoms with Gasteiger partial charge in [0.1, 0.15) is 17.3 Å². The van der Waals surface area contributed by atoms with Crippen LogP contribution in [0, 0.1) is 11.6 Å². The Bertz CT molecular complexity index is 947. The number of hydrogen-bond acceptors (Lipinski definition) is 1. The molecule has 1 heterocycles. The standard InChI is InChI=1S/C25H28F3N/c1-5-16-11-21(26)23(22(27)12-16)24-20-13-17-8-6-7-9-18(17)19(20)10-15(2)29(24)14-25(3,4)28/h6-9,11-12,15,24H,5,10,13-14H2,1-4H3. The monoisotopic (exact) mass is 399 g/mol. The van der Waals surface area contributed by atoms with E-state index in [4.69, 9.17) is 0 Å². The number of hydrogen-bond donors (Lipinski definition) is 0. The van der Waals surface area contributed by atoms with Gasteiger partial charge in [0.2, 0.25) is 0 Å². The molecular weight excluding hydrogens is 371 g/mol. The van der Waals surface area contributed by atoms with Gasteiger partial charge in [-0.05, 0) is 80.0 Å². The Morgan fingerprint density at radius 1 is 1.10 bits per heavy atom. The van der Waals surface area contributed by atoms with Gasteiger partial charge in [-0.25, -0.2) is 13.2 Å². The highest BCUT2D eigenvalue weighted by Crippen LogP contribution is 2.50. The quantitative estimate of drug-likeness (QED) is 0.573. The lowest BCUT2D eigenvalue weighted by Gasteiger charge is -2.44. The first-order valence-electron chi connectivity index (χ1n) is 10.4. The van der Waals surface area contributed by atoms with Crippen LogP contribution in [0.25, 0.3) is 5.57 Å². The zero-order valence-electron chi connectivity index (χ0n) is 17.5. The molecule has 4 rings (SSSR count). The molecule has 2 aromatic carbocycles. The molecule has 2 atom stereocenters. The maximum absolute atomic E-state index is 15.2. The summed E-state index contributed by atoms with van der Waals surface area (Å²) >= 11 is 0. The van der Waals surface area contributed by atoms with E-state index in [2.05, 4.69) is 12.1 Å². The average molecular weight is 400 g/mol. The van der Waals surface area contributed by atoms with Crippen molar-refractivity contribution in [1.82, 2.24) is 4.90 Å². The van der Waals surface area contributed by atoms with Crippen molar-refractivity contribution in [2.45, 2.75) is 64.7 Å². The summed E-state index contributed by atoms with van der Waals surface area (Å²) in [6, 6.07) is 10.4. The van der Waals surface area contributed by atoms with Crippen molar-refractivity contribution < 1.29 is 13.2 Å². The number of benzene rings is 2. The molecule has 2 aliphatic rings. The van der Waals surface area contributed by atoms with Crippen LogP contribution >= 0.6 is 0 Å². The van der Waals surface area contributed by atoms with E-state index in [0.717, 1.165) is 12.0 Å². The molecule has 2 unspecified atom stereocenters. The van der Waals surface area contributed by atoms with Crippen LogP contribution in [-0.2, 0) is 12.8 Å². The molecule has 0 N–H and O–H groups in total. The molecule has 0 spiro atoms. The Hall–Kier alpha value is -2.07. The summed E-state index contributed by atoms with van der Waals surface area (Å²) in [4.78, 5) is 1.96. The molecular formula is C25H28F3N. The lowest BCUT2D eigenvalue weighted by molar-refractivity contribution is 0.0677. The predicted octanol–water partition coefficient (Wildman–Crippen LogP) is 6.42. The van der Waals surface area contributed by atoms with Crippen LogP contribution in [0.3, 0.4) is 0 Å². The van der Waals surface area contributed by atoms with Crippen molar-refractivity contribution in [2.24, 2.45) is 0 Å². The molecule has 0 radical (unpaired) electrons. The summed E-state index contributed by atoms with van der Waals surface area (Å²) in [5, 5.41) is 0. The second-order valence-electron chi connectivity index (χ2n) is 9.01. The van der Waals surface area contributed by atoms with Crippen LogP contribution in [0.4, 0.5) is 13.2 Å². The largest absolute Gasteiger partial charge is 0.286 e. The molecule has 1 aliphatic heterocycles. The fraction of sp³-hybridized carbons (Fsp3) is 0.440. The summed E-state index contributed by atoms with van der Waals surface area (Å²) in [6.45, 7) is 7.08. The molecule has 0 saturated heterocycles. The lowest BCUT2D eigenvalue weighted by Crippen LogP contribution is -2.47. The topological polar surface area (TPSA) is 3.24 Å². The SMILES string of the molecule is CCc1cc(F)c(C2C3=C(CC(C)N2CC(C)(C)F)c2ccccc2C3)c(F)c1. The van der Waals surface area contributed by atoms with Gasteiger partial charge in [-0.15, -0.1) is 0 Å². The molecule has 4 heteroatoms. The minimum absolute atomic E-state index is 0.0235. The average Bonchev–Trinajstić information content (AvgIpc) is 3.00. The van der Waals surface area contributed by atoms with Gasteiger partial charge in [0.15, 0.2) is 0 Å². The van der Waals surface area contributed by atoms with Crippen molar-refractivity contribution in [1.29, 1.82) is 0 Å². The molecule has 154 valence electrons. The molecule has 29 heavy (non-hydrogen) atoms. The third-order valence-corrected chi connectivity index (χ3v) is 6.22. The van der Waals surface area contributed by atoms with Crippen LogP contribution in [-0.4, -0.2) is 23.2 Å². The minimum atomic E-state index is -1.47. The molecule has 0 bridgehead atoms. The number of rotatable bonds is 4. The number of alkyl halides is 1. The van der Waals surface area contributed by atoms with E-state index < -0.39 is 23.3 Å². The molecule has 0 fully saturated rings. The summed E-state index contributed by atoms with van der Waals surface area (Å²) in [6.07, 6.45) is 1.98. The highest BCUT2D eigenvalue weighted by Gasteiger charge is 2.42. The number of aryl methyl sites for hydroxylation is 1. The molecule has 0 amide bonds. The second kappa shape index (κ2) is 7.32. The van der Waals surface area contributed by atoms with Gasteiger partial charge in [0.25, 0.3) is 0 Å². The van der Waals surface area contributed by atoms with Crippen LogP contribution < -0.4 is 0 Å². The van der Waals surface area contributed by atoms with E-state index in [1.54, 1.807) is 0 Å². The maximum atomic E-state index is 15.2. The number of halogens is 3. The number of fused-ring (bicyclic) bond motifs is 2. The number of nitrogens with zero attached hydrogens (tertiary/aromatic N) is 1. The highest BCUT2D eigenvalue weighted by atomic mass is 19.1. The van der Waals surface area contributed by atoms with Crippen molar-refractivity contribution in [3.05, 3.63) is 75.9 Å². The zero-order chi connectivity index (χ0) is 20.9. The van der Waals surface area contributed by atoms with Crippen molar-refractivity contribution in [2.75, 3.05) is 6.54 Å². The predicted molar refractivity (Wildman–Crippen MR) is 112 cm³/mol. The van der Waals surface area contributed by atoms with Gasteiger partial charge in [-0.3, -0.25) is 4.90 Å². The van der Waals surface area contributed by atoms with Crippen LogP contribution in [0.15, 0.2) is 42.0 Å².